The lowest BCUT2D eigenvalue weighted by molar-refractivity contribution is 0.582. The standard InChI is InChI=1S/C14H16ClN3/c1-10-13-8-16-6-5-14(13)18(17-10)9-11-3-2-4-12(15)7-11/h2-4,7,16H,5-6,8-9H2,1H3. The zero-order chi connectivity index (χ0) is 12.5. The van der Waals surface area contributed by atoms with Crippen molar-refractivity contribution in [1.29, 1.82) is 0 Å². The molecule has 1 N–H and O–H groups in total. The summed E-state index contributed by atoms with van der Waals surface area (Å²) in [7, 11) is 0. The molecular weight excluding hydrogens is 246 g/mol. The molecule has 0 saturated carbocycles. The average Bonchev–Trinajstić information content (AvgIpc) is 2.67. The van der Waals surface area contributed by atoms with Gasteiger partial charge in [-0.25, -0.2) is 0 Å². The fourth-order valence-electron chi connectivity index (χ4n) is 2.54. The molecule has 0 spiro atoms. The molecule has 0 aliphatic carbocycles. The van der Waals surface area contributed by atoms with Gasteiger partial charge in [0.15, 0.2) is 0 Å². The van der Waals surface area contributed by atoms with E-state index < -0.39 is 0 Å². The lowest BCUT2D eigenvalue weighted by Gasteiger charge is -2.15. The molecule has 0 radical (unpaired) electrons. The summed E-state index contributed by atoms with van der Waals surface area (Å²) < 4.78 is 2.12. The number of rotatable bonds is 2. The van der Waals surface area contributed by atoms with Crippen LogP contribution in [0.2, 0.25) is 5.02 Å². The molecule has 18 heavy (non-hydrogen) atoms. The van der Waals surface area contributed by atoms with Gasteiger partial charge in [0.1, 0.15) is 0 Å². The van der Waals surface area contributed by atoms with Gasteiger partial charge in [-0.3, -0.25) is 4.68 Å². The van der Waals surface area contributed by atoms with Crippen LogP contribution in [0.25, 0.3) is 0 Å². The van der Waals surface area contributed by atoms with Crippen molar-refractivity contribution in [2.45, 2.75) is 26.4 Å². The van der Waals surface area contributed by atoms with E-state index in [4.69, 9.17) is 11.6 Å². The minimum absolute atomic E-state index is 0.784. The van der Waals surface area contributed by atoms with Crippen LogP contribution >= 0.6 is 11.6 Å². The molecular formula is C14H16ClN3. The number of halogens is 1. The number of nitrogens with one attached hydrogen (secondary N) is 1. The van der Waals surface area contributed by atoms with Gasteiger partial charge in [0.05, 0.1) is 12.2 Å². The van der Waals surface area contributed by atoms with E-state index in [0.717, 1.165) is 36.8 Å². The first-order chi connectivity index (χ1) is 8.74. The monoisotopic (exact) mass is 261 g/mol. The minimum atomic E-state index is 0.784. The van der Waals surface area contributed by atoms with Crippen LogP contribution < -0.4 is 5.32 Å². The van der Waals surface area contributed by atoms with Gasteiger partial charge < -0.3 is 5.32 Å². The van der Waals surface area contributed by atoms with Crippen molar-refractivity contribution in [2.24, 2.45) is 0 Å². The Hall–Kier alpha value is -1.32. The molecule has 1 aliphatic rings. The molecule has 1 aromatic carbocycles. The lowest BCUT2D eigenvalue weighted by Crippen LogP contribution is -2.25. The third-order valence-corrected chi connectivity index (χ3v) is 3.66. The Labute approximate surface area is 112 Å². The van der Waals surface area contributed by atoms with Gasteiger partial charge in [-0.2, -0.15) is 5.10 Å². The van der Waals surface area contributed by atoms with E-state index in [0.29, 0.717) is 0 Å². The predicted octanol–water partition coefficient (Wildman–Crippen LogP) is 2.54. The predicted molar refractivity (Wildman–Crippen MR) is 72.9 cm³/mol. The first-order valence-corrected chi connectivity index (χ1v) is 6.62. The van der Waals surface area contributed by atoms with Gasteiger partial charge in [0.2, 0.25) is 0 Å². The van der Waals surface area contributed by atoms with Crippen LogP contribution in [0, 0.1) is 6.92 Å². The molecule has 3 nitrogen and oxygen atoms in total. The fourth-order valence-corrected chi connectivity index (χ4v) is 2.75. The van der Waals surface area contributed by atoms with Crippen LogP contribution in [0.4, 0.5) is 0 Å². The number of aryl methyl sites for hydroxylation is 1. The highest BCUT2D eigenvalue weighted by atomic mass is 35.5. The third-order valence-electron chi connectivity index (χ3n) is 3.43. The molecule has 0 unspecified atom stereocenters. The third kappa shape index (κ3) is 2.16. The molecule has 1 aliphatic heterocycles. The van der Waals surface area contributed by atoms with Crippen LogP contribution in [0.3, 0.4) is 0 Å². The summed E-state index contributed by atoms with van der Waals surface area (Å²) in [5.74, 6) is 0. The van der Waals surface area contributed by atoms with E-state index in [1.807, 2.05) is 18.2 Å². The van der Waals surface area contributed by atoms with Crippen LogP contribution in [0.1, 0.15) is 22.5 Å². The number of fused-ring (bicyclic) bond motifs is 1. The normalized spacial score (nSPS) is 14.6. The van der Waals surface area contributed by atoms with Gasteiger partial charge in [-0.1, -0.05) is 23.7 Å². The van der Waals surface area contributed by atoms with E-state index in [-0.39, 0.29) is 0 Å². The maximum Gasteiger partial charge on any atom is 0.0663 e. The molecule has 0 saturated heterocycles. The van der Waals surface area contributed by atoms with Gasteiger partial charge in [-0.15, -0.1) is 0 Å². The maximum atomic E-state index is 6.02. The Kier molecular flexibility index (Phi) is 3.10. The Bertz CT molecular complexity index is 574. The second-order valence-corrected chi connectivity index (χ2v) is 5.16. The largest absolute Gasteiger partial charge is 0.312 e. The van der Waals surface area contributed by atoms with Crippen molar-refractivity contribution >= 4 is 11.6 Å². The van der Waals surface area contributed by atoms with Gasteiger partial charge in [0, 0.05) is 35.8 Å². The molecule has 94 valence electrons. The molecule has 0 atom stereocenters. The van der Waals surface area contributed by atoms with Crippen LogP contribution in [-0.2, 0) is 19.5 Å². The number of benzene rings is 1. The van der Waals surface area contributed by atoms with Gasteiger partial charge >= 0.3 is 0 Å². The summed E-state index contributed by atoms with van der Waals surface area (Å²) in [6, 6.07) is 7.99. The maximum absolute atomic E-state index is 6.02. The zero-order valence-corrected chi connectivity index (χ0v) is 11.2. The quantitative estimate of drug-likeness (QED) is 0.900. The Morgan fingerprint density at radius 3 is 3.17 bits per heavy atom. The Balaban J connectivity index is 1.93. The molecule has 1 aromatic heterocycles. The number of hydrogen-bond acceptors (Lipinski definition) is 2. The van der Waals surface area contributed by atoms with Crippen LogP contribution in [0.5, 0.6) is 0 Å². The van der Waals surface area contributed by atoms with E-state index in [1.54, 1.807) is 0 Å². The van der Waals surface area contributed by atoms with E-state index in [9.17, 15) is 0 Å². The molecule has 0 amide bonds. The highest BCUT2D eigenvalue weighted by Gasteiger charge is 2.17. The lowest BCUT2D eigenvalue weighted by atomic mass is 10.1. The second kappa shape index (κ2) is 4.75. The van der Waals surface area contributed by atoms with Crippen molar-refractivity contribution in [1.82, 2.24) is 15.1 Å². The highest BCUT2D eigenvalue weighted by Crippen LogP contribution is 2.19. The Morgan fingerprint density at radius 1 is 1.44 bits per heavy atom. The summed E-state index contributed by atoms with van der Waals surface area (Å²) in [5.41, 5.74) is 5.07. The van der Waals surface area contributed by atoms with Crippen LogP contribution in [0.15, 0.2) is 24.3 Å². The van der Waals surface area contributed by atoms with E-state index in [2.05, 4.69) is 28.1 Å². The second-order valence-electron chi connectivity index (χ2n) is 4.73. The summed E-state index contributed by atoms with van der Waals surface area (Å²) in [4.78, 5) is 0. The first-order valence-electron chi connectivity index (χ1n) is 6.24. The molecule has 0 fully saturated rings. The number of aromatic nitrogens is 2. The fraction of sp³-hybridized carbons (Fsp3) is 0.357. The summed E-state index contributed by atoms with van der Waals surface area (Å²) in [6.07, 6.45) is 1.05. The van der Waals surface area contributed by atoms with Crippen molar-refractivity contribution in [2.75, 3.05) is 6.54 Å². The van der Waals surface area contributed by atoms with E-state index in [1.165, 1.54) is 16.8 Å². The SMILES string of the molecule is Cc1nn(Cc2cccc(Cl)c2)c2c1CNCC2. The van der Waals surface area contributed by atoms with E-state index >= 15 is 0 Å². The highest BCUT2D eigenvalue weighted by molar-refractivity contribution is 6.30. The first kappa shape index (κ1) is 11.8. The zero-order valence-electron chi connectivity index (χ0n) is 10.4. The molecule has 3 rings (SSSR count). The Morgan fingerprint density at radius 2 is 2.33 bits per heavy atom. The van der Waals surface area contributed by atoms with Crippen molar-refractivity contribution in [3.63, 3.8) is 0 Å². The van der Waals surface area contributed by atoms with Gasteiger partial charge in [0.25, 0.3) is 0 Å². The minimum Gasteiger partial charge on any atom is -0.312 e. The summed E-state index contributed by atoms with van der Waals surface area (Å²) in [5, 5.41) is 8.83. The van der Waals surface area contributed by atoms with Crippen molar-refractivity contribution in [3.8, 4) is 0 Å². The average molecular weight is 262 g/mol. The number of nitrogens with zero attached hydrogens (tertiary/aromatic N) is 2. The smallest absolute Gasteiger partial charge is 0.0663 e. The molecule has 2 heterocycles. The molecule has 0 bridgehead atoms. The molecule has 2 aromatic rings. The molecule has 4 heteroatoms. The van der Waals surface area contributed by atoms with Gasteiger partial charge in [-0.05, 0) is 24.6 Å². The summed E-state index contributed by atoms with van der Waals surface area (Å²) >= 11 is 6.02. The topological polar surface area (TPSA) is 29.9 Å². The van der Waals surface area contributed by atoms with Crippen molar-refractivity contribution in [3.05, 3.63) is 51.8 Å². The number of hydrogen-bond donors (Lipinski definition) is 1. The van der Waals surface area contributed by atoms with Crippen molar-refractivity contribution < 1.29 is 0 Å². The van der Waals surface area contributed by atoms with Crippen LogP contribution in [-0.4, -0.2) is 16.3 Å². The summed E-state index contributed by atoms with van der Waals surface area (Å²) in [6.45, 7) is 4.86.